The number of unbranched alkanes of at least 4 members (excludes halogenated alkanes) is 3. The van der Waals surface area contributed by atoms with Gasteiger partial charge in [0.05, 0.1) is 5.92 Å². The van der Waals surface area contributed by atoms with Gasteiger partial charge in [0.1, 0.15) is 0 Å². The van der Waals surface area contributed by atoms with Gasteiger partial charge in [0.2, 0.25) is 0 Å². The topological polar surface area (TPSA) is 37.3 Å². The number of aliphatic carboxylic acids is 1. The molecule has 0 bridgehead atoms. The molecule has 1 N–H and O–H groups in total. The van der Waals surface area contributed by atoms with E-state index in [9.17, 15) is 4.79 Å². The Hall–Kier alpha value is 0.0674. The van der Waals surface area contributed by atoms with Crippen molar-refractivity contribution in [3.63, 3.8) is 0 Å². The van der Waals surface area contributed by atoms with E-state index >= 15 is 0 Å². The van der Waals surface area contributed by atoms with E-state index < -0.39 is 5.97 Å². The summed E-state index contributed by atoms with van der Waals surface area (Å²) in [5, 5.41) is 8.54. The molecule has 0 rings (SSSR count). The quantitative estimate of drug-likeness (QED) is 0.484. The second kappa shape index (κ2) is 9.16. The average Bonchev–Trinajstić information content (AvgIpc) is 1.97. The van der Waals surface area contributed by atoms with Gasteiger partial charge in [-0.15, -0.1) is 0 Å². The molecule has 2 nitrogen and oxygen atoms in total. The van der Waals surface area contributed by atoms with E-state index in [1.165, 1.54) is 19.3 Å². The van der Waals surface area contributed by atoms with Crippen molar-refractivity contribution in [3.05, 3.63) is 0 Å². The van der Waals surface area contributed by atoms with E-state index in [4.69, 9.17) is 5.11 Å². The first kappa shape index (κ1) is 14.6. The molecule has 0 aromatic carbocycles. The van der Waals surface area contributed by atoms with Crippen molar-refractivity contribution in [2.45, 2.75) is 46.0 Å². The van der Waals surface area contributed by atoms with Gasteiger partial charge in [0.15, 0.2) is 0 Å². The van der Waals surface area contributed by atoms with Gasteiger partial charge in [-0.05, 0) is 6.42 Å². The minimum absolute atomic E-state index is 0. The number of rotatable bonds is 6. The van der Waals surface area contributed by atoms with Crippen molar-refractivity contribution in [1.82, 2.24) is 0 Å². The third-order valence-electron chi connectivity index (χ3n) is 1.91. The van der Waals surface area contributed by atoms with Gasteiger partial charge in [-0.25, -0.2) is 0 Å². The fourth-order valence-electron chi connectivity index (χ4n) is 1.00. The molecule has 0 spiro atoms. The van der Waals surface area contributed by atoms with Gasteiger partial charge < -0.3 is 5.11 Å². The summed E-state index contributed by atoms with van der Waals surface area (Å²) in [5.41, 5.74) is 0. The summed E-state index contributed by atoms with van der Waals surface area (Å²) < 4.78 is 0. The van der Waals surface area contributed by atoms with Gasteiger partial charge in [0, 0.05) is 0 Å². The molecule has 1 atom stereocenters. The molecule has 0 fully saturated rings. The number of hydrogen-bond acceptors (Lipinski definition) is 1. The summed E-state index contributed by atoms with van der Waals surface area (Å²) >= 11 is 0. The zero-order valence-corrected chi connectivity index (χ0v) is 7.47. The summed E-state index contributed by atoms with van der Waals surface area (Å²) in [5.74, 6) is -0.826. The van der Waals surface area contributed by atoms with Crippen LogP contribution in [0.1, 0.15) is 46.0 Å². The summed E-state index contributed by atoms with van der Waals surface area (Å²) in [6, 6.07) is 0. The van der Waals surface area contributed by atoms with E-state index in [0.717, 1.165) is 12.8 Å². The number of carbonyl (C=O) groups is 1. The minimum atomic E-state index is -0.665. The van der Waals surface area contributed by atoms with Gasteiger partial charge >= 0.3 is 24.8 Å². The summed E-state index contributed by atoms with van der Waals surface area (Å²) in [6.45, 7) is 3.93. The Bertz CT molecular complexity index is 115. The van der Waals surface area contributed by atoms with Crippen molar-refractivity contribution in [2.24, 2.45) is 5.92 Å². The van der Waals surface area contributed by atoms with Gasteiger partial charge in [-0.3, -0.25) is 4.79 Å². The van der Waals surface area contributed by atoms with Gasteiger partial charge in [0.25, 0.3) is 0 Å². The molecule has 0 heterocycles. The molecule has 0 aromatic rings. The summed E-state index contributed by atoms with van der Waals surface area (Å²) in [7, 11) is 0. The SMILES string of the molecule is CCCCCCC(C)C(=O)O.[LiH]. The Kier molecular flexibility index (Phi) is 11.1. The molecule has 3 heteroatoms. The van der Waals surface area contributed by atoms with Crippen LogP contribution in [-0.4, -0.2) is 29.9 Å². The van der Waals surface area contributed by atoms with Crippen LogP contribution in [0.3, 0.4) is 0 Å². The first-order chi connectivity index (χ1) is 5.18. The van der Waals surface area contributed by atoms with Crippen LogP contribution in [0.5, 0.6) is 0 Å². The summed E-state index contributed by atoms with van der Waals surface area (Å²) in [4.78, 5) is 10.4. The molecule has 12 heavy (non-hydrogen) atoms. The number of carboxylic acid groups (broad SMARTS) is 1. The van der Waals surface area contributed by atoms with Crippen LogP contribution >= 0.6 is 0 Å². The maximum absolute atomic E-state index is 10.4. The van der Waals surface area contributed by atoms with E-state index in [0.29, 0.717) is 0 Å². The first-order valence-electron chi connectivity index (χ1n) is 4.41. The van der Waals surface area contributed by atoms with Crippen molar-refractivity contribution in [3.8, 4) is 0 Å². The molecular weight excluding hydrogens is 147 g/mol. The normalized spacial score (nSPS) is 11.8. The second-order valence-electron chi connectivity index (χ2n) is 3.09. The van der Waals surface area contributed by atoms with Crippen molar-refractivity contribution < 1.29 is 9.90 Å². The number of hydrogen-bond donors (Lipinski definition) is 1. The van der Waals surface area contributed by atoms with E-state index in [-0.39, 0.29) is 24.8 Å². The van der Waals surface area contributed by atoms with Crippen LogP contribution in [-0.2, 0) is 4.79 Å². The number of carboxylic acids is 1. The monoisotopic (exact) mass is 166 g/mol. The van der Waals surface area contributed by atoms with Crippen molar-refractivity contribution >= 4 is 24.8 Å². The second-order valence-corrected chi connectivity index (χ2v) is 3.09. The molecular formula is C9H19LiO2. The fourth-order valence-corrected chi connectivity index (χ4v) is 1.00. The Morgan fingerprint density at radius 1 is 1.33 bits per heavy atom. The third kappa shape index (κ3) is 8.17. The predicted molar refractivity (Wildman–Crippen MR) is 52.7 cm³/mol. The third-order valence-corrected chi connectivity index (χ3v) is 1.91. The molecule has 68 valence electrons. The molecule has 1 unspecified atom stereocenters. The molecule has 0 aromatic heterocycles. The van der Waals surface area contributed by atoms with Gasteiger partial charge in [-0.1, -0.05) is 39.5 Å². The van der Waals surface area contributed by atoms with Gasteiger partial charge in [-0.2, -0.15) is 0 Å². The van der Waals surface area contributed by atoms with E-state index in [1.807, 2.05) is 0 Å². The average molecular weight is 166 g/mol. The standard InChI is InChI=1S/C9H18O2.Li.H/c1-3-4-5-6-7-8(2)9(10)11;;/h8H,3-7H2,1-2H3,(H,10,11);;. The van der Waals surface area contributed by atoms with Crippen LogP contribution < -0.4 is 0 Å². The molecule has 0 saturated heterocycles. The van der Waals surface area contributed by atoms with Crippen LogP contribution in [0.2, 0.25) is 0 Å². The van der Waals surface area contributed by atoms with E-state index in [1.54, 1.807) is 6.92 Å². The molecule has 0 aliphatic rings. The molecule has 0 radical (unpaired) electrons. The maximum atomic E-state index is 10.4. The van der Waals surface area contributed by atoms with Crippen LogP contribution in [0, 0.1) is 5.92 Å². The van der Waals surface area contributed by atoms with Crippen LogP contribution in [0.15, 0.2) is 0 Å². The zero-order valence-electron chi connectivity index (χ0n) is 7.47. The Morgan fingerprint density at radius 3 is 2.33 bits per heavy atom. The molecule has 0 aliphatic carbocycles. The Morgan fingerprint density at radius 2 is 1.92 bits per heavy atom. The van der Waals surface area contributed by atoms with E-state index in [2.05, 4.69) is 6.92 Å². The zero-order chi connectivity index (χ0) is 8.69. The molecule has 0 aliphatic heterocycles. The summed E-state index contributed by atoms with van der Waals surface area (Å²) in [6.07, 6.45) is 5.50. The Labute approximate surface area is 86.9 Å². The van der Waals surface area contributed by atoms with Crippen LogP contribution in [0.25, 0.3) is 0 Å². The molecule has 0 amide bonds. The van der Waals surface area contributed by atoms with Crippen LogP contribution in [0.4, 0.5) is 0 Å². The van der Waals surface area contributed by atoms with Crippen molar-refractivity contribution in [2.75, 3.05) is 0 Å². The Balaban J connectivity index is 0. The first-order valence-corrected chi connectivity index (χ1v) is 4.41. The fraction of sp³-hybridized carbons (Fsp3) is 0.889. The predicted octanol–water partition coefficient (Wildman–Crippen LogP) is 2.03. The van der Waals surface area contributed by atoms with Crippen molar-refractivity contribution in [1.29, 1.82) is 0 Å². The molecule has 0 saturated carbocycles.